The lowest BCUT2D eigenvalue weighted by Gasteiger charge is -2.29. The van der Waals surface area contributed by atoms with Crippen molar-refractivity contribution in [3.05, 3.63) is 82.1 Å². The van der Waals surface area contributed by atoms with Gasteiger partial charge in [0.2, 0.25) is 0 Å². The van der Waals surface area contributed by atoms with E-state index in [4.69, 9.17) is 27.3 Å². The van der Waals surface area contributed by atoms with Crippen molar-refractivity contribution in [1.82, 2.24) is 10.3 Å². The number of halogens is 1. The lowest BCUT2D eigenvalue weighted by molar-refractivity contribution is 0.0697. The number of pyridine rings is 1. The standard InChI is InChI=1S/C27H28ClN5O5.CH4O3S/c1-27(2,3)20(13-34)32-24(35)15-6-9-17(19(12-15)26(37)38)18-10-11-21(28)33-22(18)25(36)31-16-7-4-14(5-8-16)23(29)30;1-5(2,3)4/h4-12,20,34H,13H2,1-3H3,(H3,29,30)(H,31,36)(H,32,35)(H,37,38);1H3,(H,2,3,4). The summed E-state index contributed by atoms with van der Waals surface area (Å²) in [6.07, 6.45) is 0.715. The van der Waals surface area contributed by atoms with Gasteiger partial charge in [-0.2, -0.15) is 8.42 Å². The predicted molar refractivity (Wildman–Crippen MR) is 162 cm³/mol. The molecule has 0 aliphatic rings. The van der Waals surface area contributed by atoms with E-state index in [-0.39, 0.29) is 45.5 Å². The zero-order chi connectivity index (χ0) is 32.7. The number of hydrogen-bond donors (Lipinski definition) is 7. The first-order valence-corrected chi connectivity index (χ1v) is 14.7. The number of carbonyl (C=O) groups is 3. The van der Waals surface area contributed by atoms with E-state index in [9.17, 15) is 33.0 Å². The molecular weight excluding hydrogens is 602 g/mol. The van der Waals surface area contributed by atoms with Gasteiger partial charge in [-0.05, 0) is 59.5 Å². The van der Waals surface area contributed by atoms with E-state index in [0.29, 0.717) is 17.5 Å². The topological polar surface area (TPSA) is 233 Å². The summed E-state index contributed by atoms with van der Waals surface area (Å²) in [5.41, 5.74) is 5.99. The number of nitrogen functional groups attached to an aromatic ring is 1. The number of aliphatic hydroxyl groups excluding tert-OH is 1. The minimum Gasteiger partial charge on any atom is -0.478 e. The number of aliphatic hydroxyl groups is 1. The molecule has 0 saturated carbocycles. The summed E-state index contributed by atoms with van der Waals surface area (Å²) in [5, 5.41) is 32.5. The lowest BCUT2D eigenvalue weighted by Crippen LogP contribution is -2.46. The van der Waals surface area contributed by atoms with Gasteiger partial charge in [-0.3, -0.25) is 19.6 Å². The number of aromatic nitrogens is 1. The van der Waals surface area contributed by atoms with Crippen LogP contribution in [-0.2, 0) is 10.1 Å². The molecule has 0 aliphatic carbocycles. The van der Waals surface area contributed by atoms with Crippen molar-refractivity contribution in [3.8, 4) is 11.1 Å². The van der Waals surface area contributed by atoms with E-state index in [0.717, 1.165) is 0 Å². The Hall–Kier alpha value is -4.37. The van der Waals surface area contributed by atoms with Gasteiger partial charge < -0.3 is 26.6 Å². The lowest BCUT2D eigenvalue weighted by atomic mass is 9.87. The van der Waals surface area contributed by atoms with Crippen LogP contribution in [0.15, 0.2) is 54.6 Å². The molecule has 1 heterocycles. The summed E-state index contributed by atoms with van der Waals surface area (Å²) in [7, 11) is -3.67. The molecule has 0 bridgehead atoms. The molecule has 230 valence electrons. The number of carboxylic acids is 1. The van der Waals surface area contributed by atoms with Crippen LogP contribution in [0.3, 0.4) is 0 Å². The van der Waals surface area contributed by atoms with Gasteiger partial charge >= 0.3 is 5.97 Å². The zero-order valence-corrected chi connectivity index (χ0v) is 25.2. The Morgan fingerprint density at radius 3 is 2.02 bits per heavy atom. The van der Waals surface area contributed by atoms with Crippen molar-refractivity contribution in [2.75, 3.05) is 18.2 Å². The first-order valence-electron chi connectivity index (χ1n) is 12.5. The number of nitrogens with one attached hydrogen (secondary N) is 3. The van der Waals surface area contributed by atoms with Crippen molar-refractivity contribution in [2.24, 2.45) is 11.1 Å². The third-order valence-corrected chi connectivity index (χ3v) is 6.08. The number of rotatable bonds is 8. The fourth-order valence-corrected chi connectivity index (χ4v) is 3.77. The van der Waals surface area contributed by atoms with E-state index in [1.54, 1.807) is 24.3 Å². The highest BCUT2D eigenvalue weighted by atomic mass is 35.5. The summed E-state index contributed by atoms with van der Waals surface area (Å²) in [4.78, 5) is 42.3. The molecule has 1 aromatic heterocycles. The average Bonchev–Trinajstić information content (AvgIpc) is 2.89. The largest absolute Gasteiger partial charge is 0.478 e. The van der Waals surface area contributed by atoms with Gasteiger partial charge in [-0.15, -0.1) is 0 Å². The number of carboxylic acid groups (broad SMARTS) is 1. The molecule has 3 aromatic rings. The van der Waals surface area contributed by atoms with Gasteiger partial charge in [0.1, 0.15) is 16.7 Å². The number of nitrogens with two attached hydrogens (primary N) is 1. The molecule has 0 fully saturated rings. The summed E-state index contributed by atoms with van der Waals surface area (Å²) in [5.74, 6) is -2.63. The summed E-state index contributed by atoms with van der Waals surface area (Å²) in [6.45, 7) is 5.29. The molecule has 2 amide bonds. The number of hydrogen-bond acceptors (Lipinski definition) is 8. The van der Waals surface area contributed by atoms with Crippen molar-refractivity contribution in [1.29, 1.82) is 5.41 Å². The molecule has 8 N–H and O–H groups in total. The van der Waals surface area contributed by atoms with Crippen LogP contribution in [0.25, 0.3) is 11.1 Å². The van der Waals surface area contributed by atoms with Crippen LogP contribution in [0.4, 0.5) is 5.69 Å². The van der Waals surface area contributed by atoms with Crippen molar-refractivity contribution >= 4 is 51.0 Å². The summed E-state index contributed by atoms with van der Waals surface area (Å²) in [6, 6.07) is 12.7. The Bertz CT molecular complexity index is 1630. The van der Waals surface area contributed by atoms with E-state index in [1.807, 2.05) is 20.8 Å². The molecule has 3 rings (SSSR count). The maximum atomic E-state index is 13.1. The first kappa shape index (κ1) is 34.8. The number of nitrogens with zero attached hydrogens (tertiary/aromatic N) is 1. The normalized spacial score (nSPS) is 11.9. The van der Waals surface area contributed by atoms with Gasteiger partial charge in [-0.1, -0.05) is 38.4 Å². The second kappa shape index (κ2) is 14.2. The fraction of sp³-hybridized carbons (Fsp3) is 0.250. The molecule has 43 heavy (non-hydrogen) atoms. The molecule has 0 aliphatic heterocycles. The second-order valence-corrected chi connectivity index (χ2v) is 12.2. The maximum absolute atomic E-state index is 13.1. The van der Waals surface area contributed by atoms with Crippen LogP contribution in [-0.4, -0.2) is 70.7 Å². The number of carbonyl (C=O) groups excluding carboxylic acids is 2. The van der Waals surface area contributed by atoms with E-state index in [1.165, 1.54) is 30.3 Å². The fourth-order valence-electron chi connectivity index (χ4n) is 3.62. The molecule has 13 nitrogen and oxygen atoms in total. The zero-order valence-electron chi connectivity index (χ0n) is 23.7. The Morgan fingerprint density at radius 1 is 1.00 bits per heavy atom. The average molecular weight is 634 g/mol. The molecule has 15 heteroatoms. The third-order valence-electron chi connectivity index (χ3n) is 5.87. The summed E-state index contributed by atoms with van der Waals surface area (Å²) < 4.78 is 25.9. The SMILES string of the molecule is CC(C)(C)C(CO)NC(=O)c1ccc(-c2ccc(Cl)nc2C(=O)Nc2ccc(C(=N)N)cc2)c(C(=O)O)c1.CS(=O)(=O)O. The monoisotopic (exact) mass is 633 g/mol. The Labute approximate surface area is 253 Å². The van der Waals surface area contributed by atoms with E-state index < -0.39 is 39.4 Å². The van der Waals surface area contributed by atoms with Crippen LogP contribution in [0, 0.1) is 10.8 Å². The first-order chi connectivity index (χ1) is 19.8. The van der Waals surface area contributed by atoms with E-state index >= 15 is 0 Å². The smallest absolute Gasteiger partial charge is 0.336 e. The quantitative estimate of drug-likeness (QED) is 0.0827. The Kier molecular flexibility index (Phi) is 11.5. The molecule has 2 aromatic carbocycles. The Morgan fingerprint density at radius 2 is 1.53 bits per heavy atom. The number of benzene rings is 2. The maximum Gasteiger partial charge on any atom is 0.336 e. The van der Waals surface area contributed by atoms with Gasteiger partial charge in [0, 0.05) is 22.4 Å². The van der Waals surface area contributed by atoms with Gasteiger partial charge in [-0.25, -0.2) is 9.78 Å². The number of anilines is 1. The van der Waals surface area contributed by atoms with Crippen molar-refractivity contribution < 1.29 is 37.6 Å². The number of amides is 2. The highest BCUT2D eigenvalue weighted by molar-refractivity contribution is 7.85. The predicted octanol–water partition coefficient (Wildman–Crippen LogP) is 3.28. The molecular formula is C28H32ClN5O8S. The highest BCUT2D eigenvalue weighted by Crippen LogP contribution is 2.30. The van der Waals surface area contributed by atoms with Gasteiger partial charge in [0.25, 0.3) is 21.9 Å². The molecule has 1 unspecified atom stereocenters. The van der Waals surface area contributed by atoms with Crippen molar-refractivity contribution in [3.63, 3.8) is 0 Å². The van der Waals surface area contributed by atoms with Crippen molar-refractivity contribution in [2.45, 2.75) is 26.8 Å². The van der Waals surface area contributed by atoms with Gasteiger partial charge in [0.15, 0.2) is 0 Å². The van der Waals surface area contributed by atoms with Gasteiger partial charge in [0.05, 0.1) is 24.5 Å². The summed E-state index contributed by atoms with van der Waals surface area (Å²) >= 11 is 6.06. The number of aromatic carboxylic acids is 1. The minimum absolute atomic E-state index is 0.0240. The van der Waals surface area contributed by atoms with Crippen LogP contribution >= 0.6 is 11.6 Å². The highest BCUT2D eigenvalue weighted by Gasteiger charge is 2.27. The molecule has 0 spiro atoms. The molecule has 0 radical (unpaired) electrons. The van der Waals surface area contributed by atoms with E-state index in [2.05, 4.69) is 15.6 Å². The van der Waals surface area contributed by atoms with Crippen LogP contribution in [0.1, 0.15) is 57.5 Å². The Balaban J connectivity index is 0.00000119. The minimum atomic E-state index is -3.67. The molecule has 1 atom stereocenters. The third kappa shape index (κ3) is 10.4. The van der Waals surface area contributed by atoms with Crippen LogP contribution < -0.4 is 16.4 Å². The second-order valence-electron chi connectivity index (χ2n) is 10.3. The van der Waals surface area contributed by atoms with Crippen LogP contribution in [0.2, 0.25) is 5.15 Å². The number of amidine groups is 1. The molecule has 0 saturated heterocycles. The van der Waals surface area contributed by atoms with Crippen LogP contribution in [0.5, 0.6) is 0 Å².